The van der Waals surface area contributed by atoms with Crippen molar-refractivity contribution in [2.45, 2.75) is 25.3 Å². The minimum Gasteiger partial charge on any atom is -0.472 e. The van der Waals surface area contributed by atoms with Crippen molar-refractivity contribution in [1.82, 2.24) is 20.1 Å². The summed E-state index contributed by atoms with van der Waals surface area (Å²) in [5, 5.41) is 11.7. The maximum Gasteiger partial charge on any atom is 0.250 e. The van der Waals surface area contributed by atoms with Crippen molar-refractivity contribution in [2.24, 2.45) is 0 Å². The Morgan fingerprint density at radius 2 is 1.89 bits per heavy atom. The Morgan fingerprint density at radius 1 is 1.04 bits per heavy atom. The van der Waals surface area contributed by atoms with Gasteiger partial charge in [-0.25, -0.2) is 4.98 Å². The lowest BCUT2D eigenvalue weighted by molar-refractivity contribution is 0.191. The van der Waals surface area contributed by atoms with Gasteiger partial charge in [0, 0.05) is 23.4 Å². The maximum absolute atomic E-state index is 5.86. The summed E-state index contributed by atoms with van der Waals surface area (Å²) in [6.45, 7) is 2.90. The second-order valence-corrected chi connectivity index (χ2v) is 7.88. The third-order valence-corrected chi connectivity index (χ3v) is 6.04. The zero-order chi connectivity index (χ0) is 18.8. The third kappa shape index (κ3) is 3.63. The average molecular weight is 392 g/mol. The molecule has 0 unspecified atom stereocenters. The van der Waals surface area contributed by atoms with Crippen molar-refractivity contribution < 1.29 is 8.83 Å². The van der Waals surface area contributed by atoms with Crippen molar-refractivity contribution in [1.29, 1.82) is 0 Å². The number of rotatable bonds is 5. The van der Waals surface area contributed by atoms with Crippen LogP contribution in [0.1, 0.15) is 30.3 Å². The number of nitrogens with zero attached hydrogens (tertiary/aromatic N) is 4. The molecule has 0 bridgehead atoms. The second-order valence-electron chi connectivity index (χ2n) is 7.02. The van der Waals surface area contributed by atoms with E-state index in [1.807, 2.05) is 12.1 Å². The molecule has 1 fully saturated rings. The molecule has 142 valence electrons. The van der Waals surface area contributed by atoms with Gasteiger partial charge in [-0.1, -0.05) is 30.3 Å². The molecule has 0 aliphatic carbocycles. The van der Waals surface area contributed by atoms with Crippen molar-refractivity contribution in [3.05, 3.63) is 65.9 Å². The summed E-state index contributed by atoms with van der Waals surface area (Å²) in [7, 11) is 0. The van der Waals surface area contributed by atoms with E-state index in [2.05, 4.69) is 44.7 Å². The zero-order valence-electron chi connectivity index (χ0n) is 15.3. The van der Waals surface area contributed by atoms with Gasteiger partial charge in [-0.05, 0) is 32.0 Å². The van der Waals surface area contributed by atoms with Crippen LogP contribution in [-0.4, -0.2) is 33.2 Å². The molecule has 0 amide bonds. The quantitative estimate of drug-likeness (QED) is 0.484. The molecule has 1 aliphatic rings. The van der Waals surface area contributed by atoms with Crippen molar-refractivity contribution in [2.75, 3.05) is 13.1 Å². The van der Waals surface area contributed by atoms with Gasteiger partial charge in [-0.3, -0.25) is 4.90 Å². The molecule has 0 atom stereocenters. The molecule has 0 spiro atoms. The van der Waals surface area contributed by atoms with Gasteiger partial charge in [0.15, 0.2) is 0 Å². The molecule has 28 heavy (non-hydrogen) atoms. The fourth-order valence-electron chi connectivity index (χ4n) is 3.56. The minimum absolute atomic E-state index is 0.319. The van der Waals surface area contributed by atoms with Crippen LogP contribution in [0.4, 0.5) is 0 Å². The summed E-state index contributed by atoms with van der Waals surface area (Å²) >= 11 is 1.71. The summed E-state index contributed by atoms with van der Waals surface area (Å²) < 4.78 is 10.9. The normalized spacial score (nSPS) is 15.9. The highest BCUT2D eigenvalue weighted by Crippen LogP contribution is 2.30. The van der Waals surface area contributed by atoms with Crippen LogP contribution < -0.4 is 0 Å². The van der Waals surface area contributed by atoms with Gasteiger partial charge < -0.3 is 8.83 Å². The summed E-state index contributed by atoms with van der Waals surface area (Å²) in [6.07, 6.45) is 5.27. The van der Waals surface area contributed by atoms with Crippen LogP contribution in [0, 0.1) is 0 Å². The molecule has 3 aromatic heterocycles. The Balaban J connectivity index is 1.18. The van der Waals surface area contributed by atoms with E-state index in [1.54, 1.807) is 23.9 Å². The molecule has 6 nitrogen and oxygen atoms in total. The minimum atomic E-state index is 0.319. The summed E-state index contributed by atoms with van der Waals surface area (Å²) in [5.41, 5.74) is 3.15. The Bertz CT molecular complexity index is 1020. The fourth-order valence-corrected chi connectivity index (χ4v) is 4.38. The fraction of sp³-hybridized carbons (Fsp3) is 0.286. The van der Waals surface area contributed by atoms with Crippen LogP contribution in [0.15, 0.2) is 63.1 Å². The molecule has 4 heterocycles. The Kier molecular flexibility index (Phi) is 4.76. The topological polar surface area (TPSA) is 68.2 Å². The first-order valence-electron chi connectivity index (χ1n) is 9.43. The predicted molar refractivity (Wildman–Crippen MR) is 107 cm³/mol. The number of thiazole rings is 1. The number of benzene rings is 1. The summed E-state index contributed by atoms with van der Waals surface area (Å²) in [4.78, 5) is 7.26. The highest BCUT2D eigenvalue weighted by atomic mass is 32.1. The molecule has 0 saturated carbocycles. The van der Waals surface area contributed by atoms with Crippen LogP contribution in [0.25, 0.3) is 22.0 Å². The zero-order valence-corrected chi connectivity index (χ0v) is 16.1. The molecule has 1 saturated heterocycles. The number of hydrogen-bond acceptors (Lipinski definition) is 7. The van der Waals surface area contributed by atoms with E-state index in [-0.39, 0.29) is 0 Å². The Morgan fingerprint density at radius 3 is 2.68 bits per heavy atom. The first-order chi connectivity index (χ1) is 13.8. The second kappa shape index (κ2) is 7.69. The van der Waals surface area contributed by atoms with Crippen LogP contribution in [0.5, 0.6) is 0 Å². The monoisotopic (exact) mass is 392 g/mol. The Hall–Kier alpha value is -2.77. The number of aromatic nitrogens is 3. The lowest BCUT2D eigenvalue weighted by Gasteiger charge is -2.29. The van der Waals surface area contributed by atoms with Gasteiger partial charge in [0.05, 0.1) is 17.5 Å². The van der Waals surface area contributed by atoms with Gasteiger partial charge in [-0.15, -0.1) is 21.5 Å². The van der Waals surface area contributed by atoms with Crippen molar-refractivity contribution in [3.63, 3.8) is 0 Å². The van der Waals surface area contributed by atoms with Gasteiger partial charge >= 0.3 is 0 Å². The number of likely N-dealkylation sites (tertiary alicyclic amines) is 1. The molecule has 0 radical (unpaired) electrons. The lowest BCUT2D eigenvalue weighted by atomic mass is 9.97. The smallest absolute Gasteiger partial charge is 0.250 e. The van der Waals surface area contributed by atoms with Crippen molar-refractivity contribution >= 4 is 11.3 Å². The number of furan rings is 1. The molecule has 1 aliphatic heterocycles. The van der Waals surface area contributed by atoms with E-state index >= 15 is 0 Å². The van der Waals surface area contributed by atoms with Crippen LogP contribution >= 0.6 is 11.3 Å². The van der Waals surface area contributed by atoms with E-state index in [0.717, 1.165) is 54.6 Å². The SMILES string of the molecule is c1ccc(-c2nc(CN3CCC(c4nnc(-c5ccoc5)o4)CC3)cs2)cc1. The van der Waals surface area contributed by atoms with E-state index < -0.39 is 0 Å². The molecule has 1 aromatic carbocycles. The summed E-state index contributed by atoms with van der Waals surface area (Å²) in [5.74, 6) is 1.58. The van der Waals surface area contributed by atoms with Gasteiger partial charge in [0.25, 0.3) is 5.89 Å². The van der Waals surface area contributed by atoms with E-state index in [4.69, 9.17) is 13.8 Å². The number of hydrogen-bond donors (Lipinski definition) is 0. The standard InChI is InChI=1S/C21H20N4O2S/c1-2-4-16(5-3-1)21-22-18(14-28-21)12-25-9-6-15(7-10-25)19-23-24-20(27-19)17-8-11-26-13-17/h1-5,8,11,13-15H,6-7,9-10,12H2. The van der Waals surface area contributed by atoms with Gasteiger partial charge in [-0.2, -0.15) is 0 Å². The van der Waals surface area contributed by atoms with Gasteiger partial charge in [0.1, 0.15) is 11.3 Å². The van der Waals surface area contributed by atoms with Crippen LogP contribution in [-0.2, 0) is 6.54 Å². The molecular weight excluding hydrogens is 372 g/mol. The highest BCUT2D eigenvalue weighted by molar-refractivity contribution is 7.13. The van der Waals surface area contributed by atoms with E-state index in [9.17, 15) is 0 Å². The Labute approximate surface area is 166 Å². The lowest BCUT2D eigenvalue weighted by Crippen LogP contribution is -2.32. The first kappa shape index (κ1) is 17.3. The van der Waals surface area contributed by atoms with Crippen molar-refractivity contribution in [3.8, 4) is 22.0 Å². The largest absolute Gasteiger partial charge is 0.472 e. The average Bonchev–Trinajstić information content (AvgIpc) is 3.50. The van der Waals surface area contributed by atoms with Crippen LogP contribution in [0.3, 0.4) is 0 Å². The third-order valence-electron chi connectivity index (χ3n) is 5.10. The molecule has 5 rings (SSSR count). The first-order valence-corrected chi connectivity index (χ1v) is 10.3. The summed E-state index contributed by atoms with van der Waals surface area (Å²) in [6, 6.07) is 12.2. The number of piperidine rings is 1. The van der Waals surface area contributed by atoms with Gasteiger partial charge in [0.2, 0.25) is 5.89 Å². The maximum atomic E-state index is 5.86. The van der Waals surface area contributed by atoms with E-state index in [1.165, 1.54) is 5.56 Å². The highest BCUT2D eigenvalue weighted by Gasteiger charge is 2.25. The molecule has 4 aromatic rings. The van der Waals surface area contributed by atoms with E-state index in [0.29, 0.717) is 11.8 Å². The van der Waals surface area contributed by atoms with Crippen LogP contribution in [0.2, 0.25) is 0 Å². The molecule has 0 N–H and O–H groups in total. The molecular formula is C21H20N4O2S. The predicted octanol–water partition coefficient (Wildman–Crippen LogP) is 4.83. The molecule has 7 heteroatoms.